The Morgan fingerprint density at radius 1 is 0.870 bits per heavy atom. The molecule has 0 aromatic heterocycles. The standard InChI is InChI=1S/C18H17NO4/c1-13(20)19(15-5-3-2-4-6-15)16-9-7-14(8-10-16)17(21)11-12-18(22)23/h2-10H,11-12H2,1H3,(H,22,23). The third-order valence-corrected chi connectivity index (χ3v) is 3.34. The Kier molecular flexibility index (Phi) is 5.25. The molecule has 0 atom stereocenters. The first-order valence-corrected chi connectivity index (χ1v) is 7.20. The number of carboxylic acids is 1. The quantitative estimate of drug-likeness (QED) is 0.829. The second-order valence-electron chi connectivity index (χ2n) is 5.05. The summed E-state index contributed by atoms with van der Waals surface area (Å²) in [4.78, 5) is 35.9. The van der Waals surface area contributed by atoms with Crippen LogP contribution in [0, 0.1) is 0 Å². The third-order valence-electron chi connectivity index (χ3n) is 3.34. The highest BCUT2D eigenvalue weighted by Crippen LogP contribution is 2.25. The zero-order valence-corrected chi connectivity index (χ0v) is 12.7. The molecule has 0 bridgehead atoms. The fraction of sp³-hybridized carbons (Fsp3) is 0.167. The van der Waals surface area contributed by atoms with Crippen LogP contribution < -0.4 is 4.90 Å². The van der Waals surface area contributed by atoms with E-state index in [1.54, 1.807) is 29.2 Å². The van der Waals surface area contributed by atoms with Gasteiger partial charge in [0.15, 0.2) is 5.78 Å². The van der Waals surface area contributed by atoms with E-state index in [1.165, 1.54) is 6.92 Å². The van der Waals surface area contributed by atoms with E-state index in [9.17, 15) is 14.4 Å². The lowest BCUT2D eigenvalue weighted by Crippen LogP contribution is -2.22. The molecule has 0 spiro atoms. The van der Waals surface area contributed by atoms with Crippen LogP contribution >= 0.6 is 0 Å². The number of carbonyl (C=O) groups is 3. The maximum atomic E-state index is 11.9. The van der Waals surface area contributed by atoms with Gasteiger partial charge >= 0.3 is 5.97 Å². The molecule has 1 amide bonds. The number of amides is 1. The molecule has 0 saturated heterocycles. The van der Waals surface area contributed by atoms with E-state index in [0.29, 0.717) is 11.3 Å². The largest absolute Gasteiger partial charge is 0.481 e. The molecule has 2 aromatic carbocycles. The van der Waals surface area contributed by atoms with Gasteiger partial charge in [-0.2, -0.15) is 0 Å². The summed E-state index contributed by atoms with van der Waals surface area (Å²) in [5.41, 5.74) is 1.83. The van der Waals surface area contributed by atoms with Gasteiger partial charge < -0.3 is 5.11 Å². The van der Waals surface area contributed by atoms with E-state index in [4.69, 9.17) is 5.11 Å². The SMILES string of the molecule is CC(=O)N(c1ccccc1)c1ccc(C(=O)CCC(=O)O)cc1. The maximum Gasteiger partial charge on any atom is 0.303 e. The minimum absolute atomic E-state index is 0.0379. The van der Waals surface area contributed by atoms with Gasteiger partial charge in [0.05, 0.1) is 6.42 Å². The Morgan fingerprint density at radius 2 is 1.43 bits per heavy atom. The Hall–Kier alpha value is -2.95. The Bertz CT molecular complexity index is 708. The number of nitrogens with zero attached hydrogens (tertiary/aromatic N) is 1. The van der Waals surface area contributed by atoms with Gasteiger partial charge in [-0.05, 0) is 36.4 Å². The molecule has 1 N–H and O–H groups in total. The number of ketones is 1. The summed E-state index contributed by atoms with van der Waals surface area (Å²) in [5, 5.41) is 8.62. The normalized spacial score (nSPS) is 10.1. The summed E-state index contributed by atoms with van der Waals surface area (Å²) in [6, 6.07) is 15.8. The molecular weight excluding hydrogens is 294 g/mol. The lowest BCUT2D eigenvalue weighted by atomic mass is 10.1. The van der Waals surface area contributed by atoms with Crippen LogP contribution in [0.3, 0.4) is 0 Å². The van der Waals surface area contributed by atoms with Gasteiger partial charge in [-0.25, -0.2) is 0 Å². The Labute approximate surface area is 134 Å². The molecule has 0 heterocycles. The summed E-state index contributed by atoms with van der Waals surface area (Å²) in [5.74, 6) is -1.36. The second-order valence-corrected chi connectivity index (χ2v) is 5.05. The zero-order valence-electron chi connectivity index (χ0n) is 12.7. The van der Waals surface area contributed by atoms with Crippen LogP contribution in [0.5, 0.6) is 0 Å². The van der Waals surface area contributed by atoms with Crippen molar-refractivity contribution in [1.82, 2.24) is 0 Å². The van der Waals surface area contributed by atoms with Crippen LogP contribution in [0.2, 0.25) is 0 Å². The van der Waals surface area contributed by atoms with Crippen LogP contribution in [0.15, 0.2) is 54.6 Å². The average Bonchev–Trinajstić information content (AvgIpc) is 2.54. The highest BCUT2D eigenvalue weighted by Gasteiger charge is 2.15. The number of benzene rings is 2. The summed E-state index contributed by atoms with van der Waals surface area (Å²) < 4.78 is 0. The average molecular weight is 311 g/mol. The van der Waals surface area contributed by atoms with Gasteiger partial charge in [0, 0.05) is 30.3 Å². The first-order valence-electron chi connectivity index (χ1n) is 7.20. The number of hydrogen-bond donors (Lipinski definition) is 1. The smallest absolute Gasteiger partial charge is 0.303 e. The predicted molar refractivity (Wildman–Crippen MR) is 86.9 cm³/mol. The Balaban J connectivity index is 2.21. The van der Waals surface area contributed by atoms with E-state index >= 15 is 0 Å². The molecule has 0 aliphatic heterocycles. The molecule has 2 aromatic rings. The minimum atomic E-state index is -0.998. The molecule has 0 aliphatic carbocycles. The van der Waals surface area contributed by atoms with Crippen molar-refractivity contribution in [2.24, 2.45) is 0 Å². The van der Waals surface area contributed by atoms with Crippen LogP contribution in [-0.4, -0.2) is 22.8 Å². The van der Waals surface area contributed by atoms with Crippen molar-refractivity contribution in [2.75, 3.05) is 4.90 Å². The van der Waals surface area contributed by atoms with Crippen LogP contribution in [0.1, 0.15) is 30.1 Å². The molecule has 23 heavy (non-hydrogen) atoms. The fourth-order valence-electron chi connectivity index (χ4n) is 2.25. The summed E-state index contributed by atoms with van der Waals surface area (Å²) in [6.07, 6.45) is -0.228. The molecule has 0 saturated carbocycles. The van der Waals surface area contributed by atoms with Gasteiger partial charge in [-0.1, -0.05) is 18.2 Å². The summed E-state index contributed by atoms with van der Waals surface area (Å²) in [7, 11) is 0. The van der Waals surface area contributed by atoms with Gasteiger partial charge in [-0.3, -0.25) is 19.3 Å². The van der Waals surface area contributed by atoms with Crippen LogP contribution in [-0.2, 0) is 9.59 Å². The van der Waals surface area contributed by atoms with E-state index in [-0.39, 0.29) is 24.5 Å². The number of para-hydroxylation sites is 1. The van der Waals surface area contributed by atoms with E-state index in [2.05, 4.69) is 0 Å². The number of carboxylic acid groups (broad SMARTS) is 1. The summed E-state index contributed by atoms with van der Waals surface area (Å²) >= 11 is 0. The third kappa shape index (κ3) is 4.26. The lowest BCUT2D eigenvalue weighted by Gasteiger charge is -2.21. The number of anilines is 2. The number of aliphatic carboxylic acids is 1. The summed E-state index contributed by atoms with van der Waals surface area (Å²) in [6.45, 7) is 1.47. The van der Waals surface area contributed by atoms with Gasteiger partial charge in [0.2, 0.25) is 5.91 Å². The molecule has 118 valence electrons. The van der Waals surface area contributed by atoms with E-state index in [0.717, 1.165) is 5.69 Å². The van der Waals surface area contributed by atoms with Crippen molar-refractivity contribution in [3.63, 3.8) is 0 Å². The first kappa shape index (κ1) is 16.4. The number of carbonyl (C=O) groups excluding carboxylic acids is 2. The number of rotatable bonds is 6. The number of Topliss-reactive ketones (excluding diaryl/α,β-unsaturated/α-hetero) is 1. The first-order chi connectivity index (χ1) is 11.0. The Morgan fingerprint density at radius 3 is 1.96 bits per heavy atom. The monoisotopic (exact) mass is 311 g/mol. The number of hydrogen-bond acceptors (Lipinski definition) is 3. The topological polar surface area (TPSA) is 74.7 Å². The van der Waals surface area contributed by atoms with Crippen molar-refractivity contribution >= 4 is 29.0 Å². The second kappa shape index (κ2) is 7.35. The van der Waals surface area contributed by atoms with E-state index < -0.39 is 5.97 Å². The van der Waals surface area contributed by atoms with Gasteiger partial charge in [0.25, 0.3) is 0 Å². The molecule has 0 unspecified atom stereocenters. The van der Waals surface area contributed by atoms with Crippen molar-refractivity contribution in [3.8, 4) is 0 Å². The molecule has 0 fully saturated rings. The van der Waals surface area contributed by atoms with Crippen molar-refractivity contribution in [3.05, 3.63) is 60.2 Å². The molecule has 0 aliphatic rings. The molecule has 5 nitrogen and oxygen atoms in total. The fourth-order valence-corrected chi connectivity index (χ4v) is 2.25. The van der Waals surface area contributed by atoms with Crippen molar-refractivity contribution in [1.29, 1.82) is 0 Å². The van der Waals surface area contributed by atoms with Gasteiger partial charge in [0.1, 0.15) is 0 Å². The van der Waals surface area contributed by atoms with Gasteiger partial charge in [-0.15, -0.1) is 0 Å². The maximum absolute atomic E-state index is 11.9. The highest BCUT2D eigenvalue weighted by atomic mass is 16.4. The molecule has 2 rings (SSSR count). The van der Waals surface area contributed by atoms with Crippen LogP contribution in [0.4, 0.5) is 11.4 Å². The van der Waals surface area contributed by atoms with Crippen molar-refractivity contribution in [2.45, 2.75) is 19.8 Å². The lowest BCUT2D eigenvalue weighted by molar-refractivity contribution is -0.137. The predicted octanol–water partition coefficient (Wildman–Crippen LogP) is 3.42. The van der Waals surface area contributed by atoms with Crippen molar-refractivity contribution < 1.29 is 19.5 Å². The highest BCUT2D eigenvalue weighted by molar-refractivity contribution is 6.01. The zero-order chi connectivity index (χ0) is 16.8. The molecular formula is C18H17NO4. The van der Waals surface area contributed by atoms with Crippen LogP contribution in [0.25, 0.3) is 0 Å². The molecule has 5 heteroatoms. The molecule has 0 radical (unpaired) electrons. The van der Waals surface area contributed by atoms with E-state index in [1.807, 2.05) is 30.3 Å². The minimum Gasteiger partial charge on any atom is -0.481 e.